The van der Waals surface area contributed by atoms with E-state index in [0.717, 1.165) is 56.6 Å². The molecule has 2 aromatic carbocycles. The zero-order valence-electron chi connectivity index (χ0n) is 14.1. The molecule has 3 rings (SSSR count). The molecule has 2 aromatic rings. The van der Waals surface area contributed by atoms with E-state index in [-0.39, 0.29) is 0 Å². The van der Waals surface area contributed by atoms with Crippen molar-refractivity contribution in [1.29, 1.82) is 0 Å². The molecular weight excluding hydrogens is 302 g/mol. The predicted molar refractivity (Wildman–Crippen MR) is 94.1 cm³/mol. The third-order valence-corrected chi connectivity index (χ3v) is 4.18. The van der Waals surface area contributed by atoms with Gasteiger partial charge in [-0.15, -0.1) is 0 Å². The highest BCUT2D eigenvalue weighted by Crippen LogP contribution is 2.25. The van der Waals surface area contributed by atoms with Crippen molar-refractivity contribution in [2.45, 2.75) is 12.8 Å². The van der Waals surface area contributed by atoms with Crippen LogP contribution in [0.3, 0.4) is 0 Å². The second kappa shape index (κ2) is 9.30. The van der Waals surface area contributed by atoms with Gasteiger partial charge >= 0.3 is 0 Å². The van der Waals surface area contributed by atoms with Crippen LogP contribution in [0, 0.1) is 0 Å². The topological polar surface area (TPSA) is 32.1 Å². The molecule has 1 saturated heterocycles. The number of morpholine rings is 1. The molecule has 1 aliphatic heterocycles. The number of unbranched alkanes of at least 4 members (excludes halogenated alkanes) is 1. The van der Waals surface area contributed by atoms with Crippen LogP contribution in [0.25, 0.3) is 0 Å². The summed E-state index contributed by atoms with van der Waals surface area (Å²) in [6.45, 7) is 6.04. The molecule has 0 unspecified atom stereocenters. The Morgan fingerprint density at radius 2 is 1.58 bits per heavy atom. The lowest BCUT2D eigenvalue weighted by Crippen LogP contribution is -3.14. The van der Waals surface area contributed by atoms with E-state index in [4.69, 9.17) is 14.2 Å². The molecule has 0 bridgehead atoms. The molecule has 0 saturated carbocycles. The van der Waals surface area contributed by atoms with Crippen LogP contribution in [0.5, 0.6) is 17.2 Å². The first kappa shape index (κ1) is 16.8. The van der Waals surface area contributed by atoms with Crippen molar-refractivity contribution in [3.63, 3.8) is 0 Å². The van der Waals surface area contributed by atoms with Crippen LogP contribution < -0.4 is 14.4 Å². The third-order valence-electron chi connectivity index (χ3n) is 4.18. The van der Waals surface area contributed by atoms with Crippen molar-refractivity contribution in [3.05, 3.63) is 54.6 Å². The summed E-state index contributed by atoms with van der Waals surface area (Å²) in [5.74, 6) is 2.50. The maximum Gasteiger partial charge on any atom is 0.131 e. The Balaban J connectivity index is 1.38. The number of nitrogens with one attached hydrogen (secondary N) is 1. The molecule has 1 N–H and O–H groups in total. The Morgan fingerprint density at radius 3 is 2.42 bits per heavy atom. The maximum atomic E-state index is 5.86. The van der Waals surface area contributed by atoms with Crippen LogP contribution in [0.2, 0.25) is 0 Å². The number of ether oxygens (including phenoxy) is 3. The SMILES string of the molecule is c1ccc(Oc2cccc(OCCCC[NH+]3CCOCC3)c2)cc1. The minimum atomic E-state index is 0.749. The molecule has 1 fully saturated rings. The van der Waals surface area contributed by atoms with E-state index >= 15 is 0 Å². The summed E-state index contributed by atoms with van der Waals surface area (Å²) in [4.78, 5) is 1.65. The van der Waals surface area contributed by atoms with Crippen molar-refractivity contribution in [1.82, 2.24) is 0 Å². The van der Waals surface area contributed by atoms with Crippen molar-refractivity contribution in [2.24, 2.45) is 0 Å². The van der Waals surface area contributed by atoms with Gasteiger partial charge in [-0.1, -0.05) is 24.3 Å². The van der Waals surface area contributed by atoms with E-state index < -0.39 is 0 Å². The average molecular weight is 328 g/mol. The second-order valence-corrected chi connectivity index (χ2v) is 6.06. The van der Waals surface area contributed by atoms with Crippen LogP contribution >= 0.6 is 0 Å². The fraction of sp³-hybridized carbons (Fsp3) is 0.400. The second-order valence-electron chi connectivity index (χ2n) is 6.06. The summed E-state index contributed by atoms with van der Waals surface area (Å²) in [5.41, 5.74) is 0. The zero-order chi connectivity index (χ0) is 16.5. The number of hydrogen-bond donors (Lipinski definition) is 1. The Morgan fingerprint density at radius 1 is 0.833 bits per heavy atom. The lowest BCUT2D eigenvalue weighted by atomic mass is 10.3. The molecule has 128 valence electrons. The number of rotatable bonds is 8. The average Bonchev–Trinajstić information content (AvgIpc) is 2.63. The van der Waals surface area contributed by atoms with E-state index in [1.165, 1.54) is 13.0 Å². The Labute approximate surface area is 144 Å². The van der Waals surface area contributed by atoms with Crippen molar-refractivity contribution >= 4 is 0 Å². The Kier molecular flexibility index (Phi) is 6.51. The molecule has 24 heavy (non-hydrogen) atoms. The fourth-order valence-corrected chi connectivity index (χ4v) is 2.83. The first-order valence-electron chi connectivity index (χ1n) is 8.77. The largest absolute Gasteiger partial charge is 0.493 e. The van der Waals surface area contributed by atoms with E-state index in [9.17, 15) is 0 Å². The van der Waals surface area contributed by atoms with E-state index in [0.29, 0.717) is 0 Å². The maximum absolute atomic E-state index is 5.86. The summed E-state index contributed by atoms with van der Waals surface area (Å²) < 4.78 is 17.1. The van der Waals surface area contributed by atoms with Gasteiger partial charge in [-0.25, -0.2) is 0 Å². The molecule has 4 heteroatoms. The summed E-state index contributed by atoms with van der Waals surface area (Å²) in [6, 6.07) is 17.6. The molecule has 0 aliphatic carbocycles. The van der Waals surface area contributed by atoms with Crippen LogP contribution in [-0.2, 0) is 4.74 Å². The first-order chi connectivity index (χ1) is 11.9. The molecule has 0 atom stereocenters. The van der Waals surface area contributed by atoms with Gasteiger partial charge in [-0.3, -0.25) is 0 Å². The van der Waals surface area contributed by atoms with Gasteiger partial charge in [-0.05, 0) is 37.1 Å². The molecule has 1 aliphatic rings. The van der Waals surface area contributed by atoms with Gasteiger partial charge in [0.25, 0.3) is 0 Å². The number of para-hydroxylation sites is 1. The minimum Gasteiger partial charge on any atom is -0.493 e. The van der Waals surface area contributed by atoms with Crippen molar-refractivity contribution in [3.8, 4) is 17.2 Å². The molecule has 0 radical (unpaired) electrons. The fourth-order valence-electron chi connectivity index (χ4n) is 2.83. The van der Waals surface area contributed by atoms with E-state index in [1.807, 2.05) is 54.6 Å². The molecule has 4 nitrogen and oxygen atoms in total. The minimum absolute atomic E-state index is 0.749. The molecule has 0 spiro atoms. The number of quaternary nitrogens is 1. The standard InChI is InChI=1S/C20H25NO3/c1-2-7-18(8-3-1)24-20-10-6-9-19(17-20)23-14-5-4-11-21-12-15-22-16-13-21/h1-3,6-10,17H,4-5,11-16H2/p+1. The van der Waals surface area contributed by atoms with Crippen LogP contribution in [0.15, 0.2) is 54.6 Å². The number of hydrogen-bond acceptors (Lipinski definition) is 3. The van der Waals surface area contributed by atoms with Gasteiger partial charge in [0.05, 0.1) is 26.4 Å². The van der Waals surface area contributed by atoms with Crippen LogP contribution in [-0.4, -0.2) is 39.5 Å². The lowest BCUT2D eigenvalue weighted by molar-refractivity contribution is -0.908. The summed E-state index contributed by atoms with van der Waals surface area (Å²) in [6.07, 6.45) is 2.27. The molecular formula is C20H26NO3+. The number of benzene rings is 2. The molecule has 0 amide bonds. The third kappa shape index (κ3) is 5.55. The highest BCUT2D eigenvalue weighted by Gasteiger charge is 2.12. The Hall–Kier alpha value is -2.04. The van der Waals surface area contributed by atoms with E-state index in [1.54, 1.807) is 4.90 Å². The van der Waals surface area contributed by atoms with Crippen molar-refractivity contribution < 1.29 is 19.1 Å². The van der Waals surface area contributed by atoms with Gasteiger partial charge in [0.2, 0.25) is 0 Å². The summed E-state index contributed by atoms with van der Waals surface area (Å²) >= 11 is 0. The highest BCUT2D eigenvalue weighted by atomic mass is 16.5. The van der Waals surface area contributed by atoms with Gasteiger partial charge in [0.15, 0.2) is 0 Å². The van der Waals surface area contributed by atoms with Gasteiger partial charge < -0.3 is 19.1 Å². The molecule has 1 heterocycles. The lowest BCUT2D eigenvalue weighted by Gasteiger charge is -2.23. The quantitative estimate of drug-likeness (QED) is 0.756. The monoisotopic (exact) mass is 328 g/mol. The van der Waals surface area contributed by atoms with Gasteiger partial charge in [-0.2, -0.15) is 0 Å². The first-order valence-corrected chi connectivity index (χ1v) is 8.77. The van der Waals surface area contributed by atoms with Crippen molar-refractivity contribution in [2.75, 3.05) is 39.5 Å². The zero-order valence-corrected chi connectivity index (χ0v) is 14.1. The summed E-state index contributed by atoms with van der Waals surface area (Å²) in [7, 11) is 0. The van der Waals surface area contributed by atoms with Gasteiger partial charge in [0, 0.05) is 6.07 Å². The Bertz CT molecular complexity index is 597. The normalized spacial score (nSPS) is 15.2. The summed E-state index contributed by atoms with van der Waals surface area (Å²) in [5, 5.41) is 0. The van der Waals surface area contributed by atoms with Gasteiger partial charge in [0.1, 0.15) is 30.3 Å². The van der Waals surface area contributed by atoms with E-state index in [2.05, 4.69) is 0 Å². The predicted octanol–water partition coefficient (Wildman–Crippen LogP) is 2.55. The van der Waals surface area contributed by atoms with Crippen LogP contribution in [0.4, 0.5) is 0 Å². The molecule has 0 aromatic heterocycles. The van der Waals surface area contributed by atoms with Crippen LogP contribution in [0.1, 0.15) is 12.8 Å². The highest BCUT2D eigenvalue weighted by molar-refractivity contribution is 5.36. The smallest absolute Gasteiger partial charge is 0.131 e.